The molecule has 0 aromatic rings. The van der Waals surface area contributed by atoms with Crippen molar-refractivity contribution in [1.82, 2.24) is 5.32 Å². The molecule has 1 rings (SSSR count). The molecule has 0 aliphatic heterocycles. The van der Waals surface area contributed by atoms with E-state index < -0.39 is 0 Å². The van der Waals surface area contributed by atoms with Crippen LogP contribution in [0.5, 0.6) is 0 Å². The molecule has 0 fully saturated rings. The Morgan fingerprint density at radius 2 is 2.32 bits per heavy atom. The Kier molecular flexibility index (Phi) is 7.10. The van der Waals surface area contributed by atoms with E-state index in [1.165, 1.54) is 6.21 Å². The summed E-state index contributed by atoms with van der Waals surface area (Å²) in [6.45, 7) is 4.50. The van der Waals surface area contributed by atoms with Crippen molar-refractivity contribution in [3.05, 3.63) is 61.0 Å². The van der Waals surface area contributed by atoms with Crippen molar-refractivity contribution in [2.45, 2.75) is 12.8 Å². The zero-order valence-electron chi connectivity index (χ0n) is 11.3. The largest absolute Gasteiger partial charge is 0.402 e. The molecular formula is C16H23N3. The zero-order chi connectivity index (χ0) is 13.9. The fourth-order valence-corrected chi connectivity index (χ4v) is 1.90. The monoisotopic (exact) mass is 257 g/mol. The van der Waals surface area contributed by atoms with Crippen LogP contribution in [0.2, 0.25) is 0 Å². The van der Waals surface area contributed by atoms with E-state index >= 15 is 0 Å². The van der Waals surface area contributed by atoms with Gasteiger partial charge in [0.1, 0.15) is 0 Å². The molecule has 3 nitrogen and oxygen atoms in total. The molecule has 102 valence electrons. The Morgan fingerprint density at radius 3 is 2.89 bits per heavy atom. The van der Waals surface area contributed by atoms with E-state index in [9.17, 15) is 0 Å². The standard InChI is InChI=1S/C16H23N3/c1-2-3-11-19-13-15(14-7-6-8-14)12-16(18)9-4-5-10-17/h2-7,10-12,14-15,17,19H,1,8-9,13,18H2/b5-4-,11-3-,16-12-,17-10?. The van der Waals surface area contributed by atoms with Crippen molar-refractivity contribution in [3.63, 3.8) is 0 Å². The molecule has 0 amide bonds. The van der Waals surface area contributed by atoms with E-state index in [1.807, 2.05) is 18.4 Å². The van der Waals surface area contributed by atoms with Crippen LogP contribution in [0.4, 0.5) is 0 Å². The molecule has 4 N–H and O–H groups in total. The second-order valence-corrected chi connectivity index (χ2v) is 4.54. The summed E-state index contributed by atoms with van der Waals surface area (Å²) >= 11 is 0. The van der Waals surface area contributed by atoms with Crippen LogP contribution in [0, 0.1) is 17.2 Å². The summed E-state index contributed by atoms with van der Waals surface area (Å²) in [4.78, 5) is 0. The van der Waals surface area contributed by atoms with Crippen LogP contribution in [0.15, 0.2) is 61.0 Å². The summed E-state index contributed by atoms with van der Waals surface area (Å²) in [6.07, 6.45) is 18.8. The molecule has 0 heterocycles. The summed E-state index contributed by atoms with van der Waals surface area (Å²) in [5.41, 5.74) is 6.87. The minimum absolute atomic E-state index is 0.410. The summed E-state index contributed by atoms with van der Waals surface area (Å²) in [6, 6.07) is 0. The third kappa shape index (κ3) is 5.91. The molecule has 0 radical (unpaired) electrons. The highest BCUT2D eigenvalue weighted by Crippen LogP contribution is 2.27. The van der Waals surface area contributed by atoms with Gasteiger partial charge in [0.15, 0.2) is 0 Å². The van der Waals surface area contributed by atoms with E-state index in [-0.39, 0.29) is 0 Å². The van der Waals surface area contributed by atoms with Gasteiger partial charge >= 0.3 is 0 Å². The number of hydrogen-bond donors (Lipinski definition) is 3. The van der Waals surface area contributed by atoms with Gasteiger partial charge in [-0.3, -0.25) is 0 Å². The fourth-order valence-electron chi connectivity index (χ4n) is 1.90. The molecule has 0 bridgehead atoms. The van der Waals surface area contributed by atoms with Gasteiger partial charge in [-0.05, 0) is 30.7 Å². The predicted molar refractivity (Wildman–Crippen MR) is 82.9 cm³/mol. The van der Waals surface area contributed by atoms with Crippen molar-refractivity contribution in [3.8, 4) is 0 Å². The van der Waals surface area contributed by atoms with Crippen molar-refractivity contribution in [1.29, 1.82) is 5.41 Å². The lowest BCUT2D eigenvalue weighted by molar-refractivity contribution is 0.436. The van der Waals surface area contributed by atoms with Crippen LogP contribution in [0.25, 0.3) is 0 Å². The Balaban J connectivity index is 2.52. The minimum Gasteiger partial charge on any atom is -0.402 e. The number of hydrogen-bond acceptors (Lipinski definition) is 3. The van der Waals surface area contributed by atoms with E-state index in [0.29, 0.717) is 18.3 Å². The van der Waals surface area contributed by atoms with Gasteiger partial charge in [0.2, 0.25) is 0 Å². The Hall–Kier alpha value is -2.03. The van der Waals surface area contributed by atoms with Gasteiger partial charge in [0, 0.05) is 30.8 Å². The first kappa shape index (κ1) is 15.0. The van der Waals surface area contributed by atoms with Gasteiger partial charge in [0.25, 0.3) is 0 Å². The molecule has 0 saturated carbocycles. The van der Waals surface area contributed by atoms with Gasteiger partial charge in [-0.15, -0.1) is 0 Å². The van der Waals surface area contributed by atoms with Crippen molar-refractivity contribution >= 4 is 6.21 Å². The SMILES string of the molecule is C=C/C=C\NCC(/C=C(\N)C/C=C\C=N)C1C=CC1. The number of nitrogens with one attached hydrogen (secondary N) is 2. The lowest BCUT2D eigenvalue weighted by atomic mass is 9.82. The van der Waals surface area contributed by atoms with Crippen LogP contribution < -0.4 is 11.1 Å². The molecule has 3 heteroatoms. The maximum Gasteiger partial charge on any atom is 0.0210 e. The highest BCUT2D eigenvalue weighted by Gasteiger charge is 2.20. The molecule has 0 saturated heterocycles. The van der Waals surface area contributed by atoms with Crippen molar-refractivity contribution in [2.24, 2.45) is 17.6 Å². The number of nitrogens with two attached hydrogens (primary N) is 1. The summed E-state index contributed by atoms with van der Waals surface area (Å²) in [5, 5.41) is 10.2. The first-order valence-electron chi connectivity index (χ1n) is 6.57. The van der Waals surface area contributed by atoms with Crippen LogP contribution in [-0.4, -0.2) is 12.8 Å². The quantitative estimate of drug-likeness (QED) is 0.338. The molecule has 0 aromatic heterocycles. The third-order valence-corrected chi connectivity index (χ3v) is 3.06. The summed E-state index contributed by atoms with van der Waals surface area (Å²) in [7, 11) is 0. The average Bonchev–Trinajstić information content (AvgIpc) is 2.32. The highest BCUT2D eigenvalue weighted by atomic mass is 14.8. The molecule has 2 unspecified atom stereocenters. The molecule has 1 aliphatic carbocycles. The molecule has 0 aromatic carbocycles. The molecule has 2 atom stereocenters. The minimum atomic E-state index is 0.410. The van der Waals surface area contributed by atoms with Gasteiger partial charge in [-0.1, -0.05) is 37.0 Å². The lowest BCUT2D eigenvalue weighted by Gasteiger charge is -2.26. The first-order valence-corrected chi connectivity index (χ1v) is 6.57. The average molecular weight is 257 g/mol. The summed E-state index contributed by atoms with van der Waals surface area (Å²) in [5.74, 6) is 0.989. The van der Waals surface area contributed by atoms with Gasteiger partial charge in [0.05, 0.1) is 0 Å². The van der Waals surface area contributed by atoms with Gasteiger partial charge < -0.3 is 16.5 Å². The van der Waals surface area contributed by atoms with Gasteiger partial charge in [-0.2, -0.15) is 0 Å². The first-order chi connectivity index (χ1) is 9.27. The normalized spacial score (nSPS) is 20.4. The maximum absolute atomic E-state index is 6.92. The Bertz CT molecular complexity index is 402. The smallest absolute Gasteiger partial charge is 0.0210 e. The second-order valence-electron chi connectivity index (χ2n) is 4.54. The molecular weight excluding hydrogens is 234 g/mol. The Morgan fingerprint density at radius 1 is 1.53 bits per heavy atom. The van der Waals surface area contributed by atoms with E-state index in [1.54, 1.807) is 12.2 Å². The van der Waals surface area contributed by atoms with Gasteiger partial charge in [-0.25, -0.2) is 0 Å². The van der Waals surface area contributed by atoms with Crippen LogP contribution in [-0.2, 0) is 0 Å². The maximum atomic E-state index is 6.92. The van der Waals surface area contributed by atoms with E-state index in [2.05, 4.69) is 30.1 Å². The molecule has 0 spiro atoms. The van der Waals surface area contributed by atoms with Crippen LogP contribution >= 0.6 is 0 Å². The van der Waals surface area contributed by atoms with Crippen molar-refractivity contribution < 1.29 is 0 Å². The number of rotatable bonds is 9. The Labute approximate surface area is 115 Å². The lowest BCUT2D eigenvalue weighted by Crippen LogP contribution is -2.26. The topological polar surface area (TPSA) is 61.9 Å². The van der Waals surface area contributed by atoms with E-state index in [0.717, 1.165) is 18.7 Å². The summed E-state index contributed by atoms with van der Waals surface area (Å²) < 4.78 is 0. The van der Waals surface area contributed by atoms with Crippen LogP contribution in [0.3, 0.4) is 0 Å². The number of allylic oxidation sites excluding steroid dienone is 6. The van der Waals surface area contributed by atoms with Crippen molar-refractivity contribution in [2.75, 3.05) is 6.54 Å². The highest BCUT2D eigenvalue weighted by molar-refractivity contribution is 5.67. The third-order valence-electron chi connectivity index (χ3n) is 3.06. The van der Waals surface area contributed by atoms with Crippen LogP contribution in [0.1, 0.15) is 12.8 Å². The predicted octanol–water partition coefficient (Wildman–Crippen LogP) is 2.91. The fraction of sp³-hybridized carbons (Fsp3) is 0.312. The van der Waals surface area contributed by atoms with E-state index in [4.69, 9.17) is 11.1 Å². The molecule has 19 heavy (non-hydrogen) atoms. The zero-order valence-corrected chi connectivity index (χ0v) is 11.3. The second kappa shape index (κ2) is 8.97. The molecule has 1 aliphatic rings.